The lowest BCUT2D eigenvalue weighted by Gasteiger charge is -2.25. The quantitative estimate of drug-likeness (QED) is 0.346. The highest BCUT2D eigenvalue weighted by Crippen LogP contribution is 2.42. The number of hydrogen-bond donors (Lipinski definition) is 1. The number of aliphatic hydroxyl groups excluding tert-OH is 1. The zero-order chi connectivity index (χ0) is 22.8. The molecule has 1 N–H and O–H groups in total. The first-order chi connectivity index (χ1) is 15.5. The van der Waals surface area contributed by atoms with Gasteiger partial charge in [-0.15, -0.1) is 0 Å². The Labute approximate surface area is 187 Å². The topological polar surface area (TPSA) is 66.8 Å². The number of carbonyl (C=O) groups is 2. The first-order valence-electron chi connectivity index (χ1n) is 10.6. The van der Waals surface area contributed by atoms with E-state index in [9.17, 15) is 14.7 Å². The predicted octanol–water partition coefficient (Wildman–Crippen LogP) is 5.19. The number of amides is 1. The molecule has 1 unspecified atom stereocenters. The number of para-hydroxylation sites is 1. The van der Waals surface area contributed by atoms with E-state index in [0.717, 1.165) is 23.1 Å². The van der Waals surface area contributed by atoms with Gasteiger partial charge in [0.1, 0.15) is 11.5 Å². The second kappa shape index (κ2) is 8.71. The van der Waals surface area contributed by atoms with Crippen LogP contribution in [0.3, 0.4) is 0 Å². The third kappa shape index (κ3) is 3.66. The standard InChI is InChI=1S/C27H25NO4/c1-4-18-10-12-19(13-11-18)24-23(25(29)22-15-14-21(32-3)16-17(22)2)26(30)27(31)28(24)20-8-6-5-7-9-20/h5-16,24,29H,4H2,1-3H3/b25-23-. The number of methoxy groups -OCH3 is 1. The van der Waals surface area contributed by atoms with E-state index in [1.54, 1.807) is 37.4 Å². The molecule has 1 heterocycles. The summed E-state index contributed by atoms with van der Waals surface area (Å²) in [6.07, 6.45) is 0.879. The minimum atomic E-state index is -0.732. The molecule has 1 atom stereocenters. The van der Waals surface area contributed by atoms with Crippen molar-refractivity contribution in [3.8, 4) is 5.75 Å². The van der Waals surface area contributed by atoms with Gasteiger partial charge in [0.25, 0.3) is 11.7 Å². The summed E-state index contributed by atoms with van der Waals surface area (Å²) in [4.78, 5) is 27.8. The Morgan fingerprint density at radius 1 is 1.00 bits per heavy atom. The third-order valence-corrected chi connectivity index (χ3v) is 5.87. The van der Waals surface area contributed by atoms with E-state index in [1.807, 2.05) is 49.4 Å². The number of benzene rings is 3. The van der Waals surface area contributed by atoms with Gasteiger partial charge >= 0.3 is 0 Å². The highest BCUT2D eigenvalue weighted by molar-refractivity contribution is 6.51. The summed E-state index contributed by atoms with van der Waals surface area (Å²) in [5.74, 6) is -0.901. The number of rotatable bonds is 5. The van der Waals surface area contributed by atoms with Gasteiger partial charge in [-0.25, -0.2) is 0 Å². The van der Waals surface area contributed by atoms with Crippen LogP contribution in [-0.2, 0) is 16.0 Å². The van der Waals surface area contributed by atoms with E-state index >= 15 is 0 Å². The molecule has 5 nitrogen and oxygen atoms in total. The van der Waals surface area contributed by atoms with Crippen molar-refractivity contribution in [2.75, 3.05) is 12.0 Å². The molecule has 0 aliphatic carbocycles. The molecule has 1 fully saturated rings. The maximum Gasteiger partial charge on any atom is 0.300 e. The molecule has 0 spiro atoms. The van der Waals surface area contributed by atoms with Crippen LogP contribution >= 0.6 is 0 Å². The van der Waals surface area contributed by atoms with Gasteiger partial charge in [0.05, 0.1) is 18.7 Å². The van der Waals surface area contributed by atoms with Crippen molar-refractivity contribution in [2.24, 2.45) is 0 Å². The molecule has 32 heavy (non-hydrogen) atoms. The fraction of sp³-hybridized carbons (Fsp3) is 0.185. The van der Waals surface area contributed by atoms with Gasteiger partial charge in [0.15, 0.2) is 0 Å². The highest BCUT2D eigenvalue weighted by Gasteiger charge is 2.47. The summed E-state index contributed by atoms with van der Waals surface area (Å²) in [7, 11) is 1.57. The van der Waals surface area contributed by atoms with Crippen LogP contribution in [0.25, 0.3) is 5.76 Å². The largest absolute Gasteiger partial charge is 0.507 e. The maximum absolute atomic E-state index is 13.2. The summed E-state index contributed by atoms with van der Waals surface area (Å²) in [6, 6.07) is 21.4. The molecular weight excluding hydrogens is 402 g/mol. The fourth-order valence-corrected chi connectivity index (χ4v) is 4.11. The van der Waals surface area contributed by atoms with Gasteiger partial charge < -0.3 is 9.84 Å². The average Bonchev–Trinajstić information content (AvgIpc) is 3.09. The average molecular weight is 428 g/mol. The van der Waals surface area contributed by atoms with E-state index in [0.29, 0.717) is 17.0 Å². The van der Waals surface area contributed by atoms with Gasteiger partial charge in [-0.3, -0.25) is 14.5 Å². The normalized spacial score (nSPS) is 17.6. The Hall–Kier alpha value is -3.86. The van der Waals surface area contributed by atoms with Crippen molar-refractivity contribution in [1.29, 1.82) is 0 Å². The number of anilines is 1. The molecule has 1 aliphatic rings. The number of Topliss-reactive ketones (excluding diaryl/α,β-unsaturated/α-hetero) is 1. The number of ether oxygens (including phenoxy) is 1. The second-order valence-corrected chi connectivity index (χ2v) is 7.78. The monoisotopic (exact) mass is 427 g/mol. The molecule has 3 aromatic rings. The summed E-state index contributed by atoms with van der Waals surface area (Å²) >= 11 is 0. The molecular formula is C27H25NO4. The van der Waals surface area contributed by atoms with Crippen molar-refractivity contribution in [3.63, 3.8) is 0 Å². The first kappa shape index (κ1) is 21.4. The molecule has 162 valence electrons. The summed E-state index contributed by atoms with van der Waals surface area (Å²) in [6.45, 7) is 3.90. The van der Waals surface area contributed by atoms with Crippen LogP contribution in [0.5, 0.6) is 5.75 Å². The molecule has 1 saturated heterocycles. The Balaban J connectivity index is 1.93. The van der Waals surface area contributed by atoms with Gasteiger partial charge in [-0.05, 0) is 60.4 Å². The van der Waals surface area contributed by atoms with Crippen LogP contribution < -0.4 is 9.64 Å². The molecule has 3 aromatic carbocycles. The molecule has 0 saturated carbocycles. The van der Waals surface area contributed by atoms with Crippen LogP contribution in [0.2, 0.25) is 0 Å². The lowest BCUT2D eigenvalue weighted by Crippen LogP contribution is -2.29. The second-order valence-electron chi connectivity index (χ2n) is 7.78. The molecule has 0 aromatic heterocycles. The maximum atomic E-state index is 13.2. The van der Waals surface area contributed by atoms with E-state index in [4.69, 9.17) is 4.74 Å². The van der Waals surface area contributed by atoms with Crippen LogP contribution in [0, 0.1) is 6.92 Å². The Bertz CT molecular complexity index is 1200. The minimum Gasteiger partial charge on any atom is -0.507 e. The van der Waals surface area contributed by atoms with E-state index < -0.39 is 17.7 Å². The zero-order valence-electron chi connectivity index (χ0n) is 18.3. The number of aryl methyl sites for hydroxylation is 2. The molecule has 0 bridgehead atoms. The molecule has 4 rings (SSSR count). The van der Waals surface area contributed by atoms with Gasteiger partial charge in [0, 0.05) is 11.3 Å². The molecule has 1 amide bonds. The SMILES string of the molecule is CCc1ccc(C2/C(=C(/O)c3ccc(OC)cc3C)C(=O)C(=O)N2c2ccccc2)cc1. The zero-order valence-corrected chi connectivity index (χ0v) is 18.3. The highest BCUT2D eigenvalue weighted by atomic mass is 16.5. The van der Waals surface area contributed by atoms with Crippen molar-refractivity contribution < 1.29 is 19.4 Å². The third-order valence-electron chi connectivity index (χ3n) is 5.87. The number of hydrogen-bond acceptors (Lipinski definition) is 4. The van der Waals surface area contributed by atoms with Crippen molar-refractivity contribution in [3.05, 3.63) is 101 Å². The molecule has 5 heteroatoms. The van der Waals surface area contributed by atoms with Crippen LogP contribution in [0.4, 0.5) is 5.69 Å². The number of nitrogens with zero attached hydrogens (tertiary/aromatic N) is 1. The summed E-state index contributed by atoms with van der Waals surface area (Å²) in [5.41, 5.74) is 3.83. The van der Waals surface area contributed by atoms with E-state index in [-0.39, 0.29) is 11.3 Å². The lowest BCUT2D eigenvalue weighted by molar-refractivity contribution is -0.132. The Kier molecular flexibility index (Phi) is 5.82. The van der Waals surface area contributed by atoms with Crippen LogP contribution in [-0.4, -0.2) is 23.9 Å². The lowest BCUT2D eigenvalue weighted by atomic mass is 9.93. The number of carbonyl (C=O) groups excluding carboxylic acids is 2. The van der Waals surface area contributed by atoms with Gasteiger partial charge in [-0.1, -0.05) is 49.4 Å². The van der Waals surface area contributed by atoms with Crippen molar-refractivity contribution >= 4 is 23.1 Å². The summed E-state index contributed by atoms with van der Waals surface area (Å²) < 4.78 is 5.25. The Morgan fingerprint density at radius 3 is 2.28 bits per heavy atom. The van der Waals surface area contributed by atoms with E-state index in [1.165, 1.54) is 4.90 Å². The van der Waals surface area contributed by atoms with Gasteiger partial charge in [-0.2, -0.15) is 0 Å². The number of ketones is 1. The summed E-state index contributed by atoms with van der Waals surface area (Å²) in [5, 5.41) is 11.3. The van der Waals surface area contributed by atoms with Crippen LogP contribution in [0.15, 0.2) is 78.4 Å². The molecule has 1 aliphatic heterocycles. The smallest absolute Gasteiger partial charge is 0.300 e. The van der Waals surface area contributed by atoms with Crippen LogP contribution in [0.1, 0.15) is 35.2 Å². The van der Waals surface area contributed by atoms with Gasteiger partial charge in [0.2, 0.25) is 0 Å². The number of aliphatic hydroxyl groups is 1. The molecule has 0 radical (unpaired) electrons. The minimum absolute atomic E-state index is 0.0800. The van der Waals surface area contributed by atoms with Crippen molar-refractivity contribution in [1.82, 2.24) is 0 Å². The Morgan fingerprint density at radius 2 is 1.69 bits per heavy atom. The predicted molar refractivity (Wildman–Crippen MR) is 125 cm³/mol. The fourth-order valence-electron chi connectivity index (χ4n) is 4.11. The first-order valence-corrected chi connectivity index (χ1v) is 10.6. The van der Waals surface area contributed by atoms with Crippen molar-refractivity contribution in [2.45, 2.75) is 26.3 Å². The van der Waals surface area contributed by atoms with E-state index in [2.05, 4.69) is 6.92 Å².